The monoisotopic (exact) mass is 465 g/mol. The molecule has 1 amide bonds. The number of hydrogen-bond donors (Lipinski definition) is 0. The molecule has 1 heterocycles. The van der Waals surface area contributed by atoms with Crippen molar-refractivity contribution in [3.05, 3.63) is 83.3 Å². The van der Waals surface area contributed by atoms with Crippen LogP contribution in [0.2, 0.25) is 0 Å². The Kier molecular flexibility index (Phi) is 6.83. The van der Waals surface area contributed by atoms with Gasteiger partial charge in [0.2, 0.25) is 0 Å². The van der Waals surface area contributed by atoms with Gasteiger partial charge in [-0.1, -0.05) is 30.3 Å². The van der Waals surface area contributed by atoms with Gasteiger partial charge in [0.15, 0.2) is 16.4 Å². The highest BCUT2D eigenvalue weighted by Crippen LogP contribution is 2.29. The van der Waals surface area contributed by atoms with Crippen molar-refractivity contribution in [2.24, 2.45) is 0 Å². The predicted octanol–water partition coefficient (Wildman–Crippen LogP) is 3.61. The molecule has 1 unspecified atom stereocenters. The summed E-state index contributed by atoms with van der Waals surface area (Å²) in [5, 5.41) is 1.03. The van der Waals surface area contributed by atoms with E-state index in [4.69, 9.17) is 4.74 Å². The molecule has 2 aromatic carbocycles. The Morgan fingerprint density at radius 3 is 2.44 bits per heavy atom. The second-order valence-electron chi connectivity index (χ2n) is 6.89. The van der Waals surface area contributed by atoms with Crippen LogP contribution in [0.1, 0.15) is 11.1 Å². The summed E-state index contributed by atoms with van der Waals surface area (Å²) in [4.78, 5) is 25.9. The van der Waals surface area contributed by atoms with Crippen LogP contribution in [-0.4, -0.2) is 38.7 Å². The molecule has 0 aliphatic carbocycles. The summed E-state index contributed by atoms with van der Waals surface area (Å²) in [5.41, 5.74) is -0.295. The number of ether oxygens (including phenoxy) is 1. The van der Waals surface area contributed by atoms with Crippen LogP contribution in [0.3, 0.4) is 0 Å². The SMILES string of the molecule is O=C(/C=C/c1cccc(C(F)(F)F)c1)OCC(=O)N(c1ccccc1)C1C=CS(=O)(=O)C1. The average Bonchev–Trinajstić information content (AvgIpc) is 3.10. The zero-order chi connectivity index (χ0) is 23.4. The minimum atomic E-state index is -4.51. The molecule has 6 nitrogen and oxygen atoms in total. The first kappa shape index (κ1) is 23.3. The van der Waals surface area contributed by atoms with E-state index in [0.717, 1.165) is 29.7 Å². The number of para-hydroxylation sites is 1. The van der Waals surface area contributed by atoms with Gasteiger partial charge in [0, 0.05) is 17.2 Å². The average molecular weight is 465 g/mol. The van der Waals surface area contributed by atoms with E-state index < -0.39 is 46.1 Å². The fourth-order valence-corrected chi connectivity index (χ4v) is 4.33. The van der Waals surface area contributed by atoms with Gasteiger partial charge < -0.3 is 9.64 Å². The molecule has 0 aromatic heterocycles. The lowest BCUT2D eigenvalue weighted by molar-refractivity contribution is -0.143. The number of hydrogen-bond acceptors (Lipinski definition) is 5. The third kappa shape index (κ3) is 6.07. The Hall–Kier alpha value is -3.40. The zero-order valence-corrected chi connectivity index (χ0v) is 17.3. The van der Waals surface area contributed by atoms with Gasteiger partial charge in [0.05, 0.1) is 17.4 Å². The molecule has 0 saturated carbocycles. The Morgan fingerprint density at radius 1 is 1.09 bits per heavy atom. The number of anilines is 1. The minimum absolute atomic E-state index is 0.135. The highest BCUT2D eigenvalue weighted by molar-refractivity contribution is 7.94. The first-order valence-corrected chi connectivity index (χ1v) is 11.1. The van der Waals surface area contributed by atoms with Gasteiger partial charge in [0.25, 0.3) is 5.91 Å². The van der Waals surface area contributed by atoms with Gasteiger partial charge in [-0.25, -0.2) is 13.2 Å². The van der Waals surface area contributed by atoms with E-state index in [1.807, 2.05) is 0 Å². The standard InChI is InChI=1S/C22H18F3NO5S/c23-22(24,25)17-6-4-5-16(13-17)9-10-21(28)31-14-20(27)26(18-7-2-1-3-8-18)19-11-12-32(29,30)15-19/h1-13,19H,14-15H2/b10-9+. The third-order valence-corrected chi connectivity index (χ3v) is 5.89. The number of nitrogens with zero attached hydrogens (tertiary/aromatic N) is 1. The van der Waals surface area contributed by atoms with Gasteiger partial charge in [-0.15, -0.1) is 0 Å². The predicted molar refractivity (Wildman–Crippen MR) is 112 cm³/mol. The number of halogens is 3. The highest BCUT2D eigenvalue weighted by Gasteiger charge is 2.32. The van der Waals surface area contributed by atoms with Crippen molar-refractivity contribution in [3.63, 3.8) is 0 Å². The fraction of sp³-hybridized carbons (Fsp3) is 0.182. The minimum Gasteiger partial charge on any atom is -0.452 e. The number of alkyl halides is 3. The largest absolute Gasteiger partial charge is 0.452 e. The smallest absolute Gasteiger partial charge is 0.416 e. The molecule has 0 fully saturated rings. The third-order valence-electron chi connectivity index (χ3n) is 4.51. The molecule has 0 bridgehead atoms. The zero-order valence-electron chi connectivity index (χ0n) is 16.5. The number of sulfone groups is 1. The van der Waals surface area contributed by atoms with Crippen LogP contribution in [0.5, 0.6) is 0 Å². The van der Waals surface area contributed by atoms with E-state index in [1.54, 1.807) is 30.3 Å². The molecule has 0 spiro atoms. The van der Waals surface area contributed by atoms with Crippen molar-refractivity contribution in [2.45, 2.75) is 12.2 Å². The van der Waals surface area contributed by atoms with Gasteiger partial charge >= 0.3 is 12.1 Å². The Bertz CT molecular complexity index is 1160. The molecular formula is C22H18F3NO5S. The first-order chi connectivity index (χ1) is 15.0. The molecule has 168 valence electrons. The Labute approximate surface area is 182 Å². The van der Waals surface area contributed by atoms with Crippen molar-refractivity contribution in [1.29, 1.82) is 0 Å². The maximum atomic E-state index is 12.8. The number of carbonyl (C=O) groups excluding carboxylic acids is 2. The Balaban J connectivity index is 1.67. The van der Waals surface area contributed by atoms with Crippen LogP contribution in [0.25, 0.3) is 6.08 Å². The second-order valence-corrected chi connectivity index (χ2v) is 8.82. The van der Waals surface area contributed by atoms with Crippen LogP contribution >= 0.6 is 0 Å². The number of rotatable bonds is 6. The summed E-state index contributed by atoms with van der Waals surface area (Å²) in [7, 11) is -3.44. The molecule has 10 heteroatoms. The van der Waals surface area contributed by atoms with Crippen molar-refractivity contribution < 1.29 is 35.9 Å². The molecule has 1 atom stereocenters. The van der Waals surface area contributed by atoms with E-state index >= 15 is 0 Å². The van der Waals surface area contributed by atoms with Crippen LogP contribution in [0, 0.1) is 0 Å². The maximum absolute atomic E-state index is 12.8. The molecule has 0 N–H and O–H groups in total. The van der Waals surface area contributed by atoms with Crippen LogP contribution in [0.15, 0.2) is 72.2 Å². The molecular weight excluding hydrogens is 447 g/mol. The van der Waals surface area contributed by atoms with E-state index in [-0.39, 0.29) is 11.3 Å². The number of amides is 1. The van der Waals surface area contributed by atoms with Gasteiger partial charge in [-0.3, -0.25) is 4.79 Å². The van der Waals surface area contributed by atoms with Crippen LogP contribution in [0.4, 0.5) is 18.9 Å². The Morgan fingerprint density at radius 2 is 1.81 bits per heavy atom. The molecule has 2 aromatic rings. The first-order valence-electron chi connectivity index (χ1n) is 9.35. The quantitative estimate of drug-likeness (QED) is 0.481. The molecule has 32 heavy (non-hydrogen) atoms. The number of esters is 1. The molecule has 3 rings (SSSR count). The van der Waals surface area contributed by atoms with Gasteiger partial charge in [-0.05, 0) is 42.0 Å². The summed E-state index contributed by atoms with van der Waals surface area (Å²) in [6, 6.07) is 11.9. The normalized spacial score (nSPS) is 17.4. The lowest BCUT2D eigenvalue weighted by atomic mass is 10.1. The lowest BCUT2D eigenvalue weighted by Gasteiger charge is -2.27. The number of carbonyl (C=O) groups is 2. The summed E-state index contributed by atoms with van der Waals surface area (Å²) >= 11 is 0. The second kappa shape index (κ2) is 9.39. The summed E-state index contributed by atoms with van der Waals surface area (Å²) in [5.74, 6) is -1.88. The van der Waals surface area contributed by atoms with Crippen molar-refractivity contribution in [3.8, 4) is 0 Å². The molecule has 0 radical (unpaired) electrons. The van der Waals surface area contributed by atoms with Crippen LogP contribution in [-0.2, 0) is 30.3 Å². The molecule has 0 saturated heterocycles. The van der Waals surface area contributed by atoms with Crippen LogP contribution < -0.4 is 4.90 Å². The molecule has 1 aliphatic heterocycles. The number of benzene rings is 2. The van der Waals surface area contributed by atoms with Crippen molar-refractivity contribution >= 4 is 33.5 Å². The molecule has 1 aliphatic rings. The van der Waals surface area contributed by atoms with Crippen molar-refractivity contribution in [2.75, 3.05) is 17.3 Å². The van der Waals surface area contributed by atoms with Crippen molar-refractivity contribution in [1.82, 2.24) is 0 Å². The summed E-state index contributed by atoms with van der Waals surface area (Å²) in [6.45, 7) is -0.676. The highest BCUT2D eigenvalue weighted by atomic mass is 32.2. The van der Waals surface area contributed by atoms with E-state index in [2.05, 4.69) is 0 Å². The topological polar surface area (TPSA) is 80.8 Å². The maximum Gasteiger partial charge on any atom is 0.416 e. The van der Waals surface area contributed by atoms with Gasteiger partial charge in [-0.2, -0.15) is 13.2 Å². The fourth-order valence-electron chi connectivity index (χ4n) is 3.06. The van der Waals surface area contributed by atoms with E-state index in [0.29, 0.717) is 5.69 Å². The lowest BCUT2D eigenvalue weighted by Crippen LogP contribution is -2.43. The van der Waals surface area contributed by atoms with E-state index in [9.17, 15) is 31.2 Å². The van der Waals surface area contributed by atoms with E-state index in [1.165, 1.54) is 23.1 Å². The summed E-state index contributed by atoms with van der Waals surface area (Å²) < 4.78 is 66.8. The summed E-state index contributed by atoms with van der Waals surface area (Å²) in [6.07, 6.45) is -1.08. The van der Waals surface area contributed by atoms with Gasteiger partial charge in [0.1, 0.15) is 0 Å².